The molecule has 0 bridgehead atoms. The van der Waals surface area contributed by atoms with E-state index in [-0.39, 0.29) is 25.1 Å². The van der Waals surface area contributed by atoms with Gasteiger partial charge in [-0.3, -0.25) is 0 Å². The second-order valence-corrected chi connectivity index (χ2v) is 3.68. The van der Waals surface area contributed by atoms with Crippen molar-refractivity contribution in [3.8, 4) is 5.95 Å². The van der Waals surface area contributed by atoms with Gasteiger partial charge in [0.25, 0.3) is 5.95 Å². The predicted molar refractivity (Wildman–Crippen MR) is 67.7 cm³/mol. The van der Waals surface area contributed by atoms with Gasteiger partial charge in [0, 0.05) is 25.5 Å². The lowest BCUT2D eigenvalue weighted by atomic mass is 10.5. The van der Waals surface area contributed by atoms with E-state index in [2.05, 4.69) is 20.1 Å². The molecule has 0 aliphatic rings. The number of aliphatic hydroxyl groups is 2. The number of nitrogens with two attached hydrogens (primary N) is 1. The van der Waals surface area contributed by atoms with E-state index < -0.39 is 0 Å². The third-order valence-electron chi connectivity index (χ3n) is 2.36. The van der Waals surface area contributed by atoms with E-state index in [9.17, 15) is 0 Å². The largest absolute Gasteiger partial charge is 0.395 e. The van der Waals surface area contributed by atoms with E-state index >= 15 is 0 Å². The van der Waals surface area contributed by atoms with Crippen molar-refractivity contribution < 1.29 is 10.2 Å². The van der Waals surface area contributed by atoms with Crippen molar-refractivity contribution in [3.05, 3.63) is 18.5 Å². The number of nitrogen functional groups attached to an aromatic ring is 1. The van der Waals surface area contributed by atoms with Gasteiger partial charge in [-0.05, 0) is 6.07 Å². The SMILES string of the molecule is Nc1nc(N(CCO)CCO)nc(-n2cccn2)n1. The smallest absolute Gasteiger partial charge is 0.257 e. The summed E-state index contributed by atoms with van der Waals surface area (Å²) in [5.74, 6) is 0.630. The van der Waals surface area contributed by atoms with Crippen molar-refractivity contribution in [3.63, 3.8) is 0 Å². The van der Waals surface area contributed by atoms with Crippen LogP contribution in [0.5, 0.6) is 0 Å². The zero-order valence-corrected chi connectivity index (χ0v) is 10.2. The Morgan fingerprint density at radius 2 is 1.89 bits per heavy atom. The van der Waals surface area contributed by atoms with Crippen LogP contribution in [0.1, 0.15) is 0 Å². The van der Waals surface area contributed by atoms with Crippen LogP contribution in [0.4, 0.5) is 11.9 Å². The monoisotopic (exact) mass is 265 g/mol. The molecule has 0 aliphatic carbocycles. The van der Waals surface area contributed by atoms with E-state index in [0.29, 0.717) is 19.0 Å². The lowest BCUT2D eigenvalue weighted by Crippen LogP contribution is -2.32. The Kier molecular flexibility index (Phi) is 4.21. The molecular formula is C10H15N7O2. The molecule has 0 aromatic carbocycles. The highest BCUT2D eigenvalue weighted by Gasteiger charge is 2.13. The highest BCUT2D eigenvalue weighted by molar-refractivity contribution is 5.37. The first-order valence-corrected chi connectivity index (χ1v) is 5.73. The van der Waals surface area contributed by atoms with Gasteiger partial charge in [-0.1, -0.05) is 0 Å². The Bertz CT molecular complexity index is 511. The summed E-state index contributed by atoms with van der Waals surface area (Å²) in [4.78, 5) is 13.8. The normalized spacial score (nSPS) is 10.6. The summed E-state index contributed by atoms with van der Waals surface area (Å²) in [7, 11) is 0. The minimum absolute atomic E-state index is 0.0522. The molecule has 0 fully saturated rings. The number of rotatable bonds is 6. The molecule has 2 aromatic rings. The van der Waals surface area contributed by atoms with E-state index in [1.807, 2.05) is 0 Å². The standard InChI is InChI=1S/C10H15N7O2/c11-8-13-9(16(4-6-18)5-7-19)15-10(14-8)17-3-1-2-12-17/h1-3,18-19H,4-7H2,(H2,11,13,14,15). The number of nitrogens with zero attached hydrogens (tertiary/aromatic N) is 6. The molecule has 0 unspecified atom stereocenters. The molecule has 0 radical (unpaired) electrons. The average molecular weight is 265 g/mol. The van der Waals surface area contributed by atoms with Gasteiger partial charge in [0.1, 0.15) is 0 Å². The number of aromatic nitrogens is 5. The fraction of sp³-hybridized carbons (Fsp3) is 0.400. The highest BCUT2D eigenvalue weighted by Crippen LogP contribution is 2.10. The second kappa shape index (κ2) is 6.07. The first kappa shape index (κ1) is 13.2. The third-order valence-corrected chi connectivity index (χ3v) is 2.36. The summed E-state index contributed by atoms with van der Waals surface area (Å²) in [5.41, 5.74) is 5.64. The minimum Gasteiger partial charge on any atom is -0.395 e. The fourth-order valence-corrected chi connectivity index (χ4v) is 1.55. The topological polar surface area (TPSA) is 126 Å². The Morgan fingerprint density at radius 1 is 1.16 bits per heavy atom. The summed E-state index contributed by atoms with van der Waals surface area (Å²) in [5, 5.41) is 22.0. The number of hydrogen-bond acceptors (Lipinski definition) is 8. The lowest BCUT2D eigenvalue weighted by Gasteiger charge is -2.20. The molecular weight excluding hydrogens is 250 g/mol. The van der Waals surface area contributed by atoms with E-state index in [1.54, 1.807) is 23.4 Å². The maximum absolute atomic E-state index is 9.00. The summed E-state index contributed by atoms with van der Waals surface area (Å²) < 4.78 is 1.46. The molecule has 2 rings (SSSR count). The summed E-state index contributed by atoms with van der Waals surface area (Å²) in [6, 6.07) is 1.73. The van der Waals surface area contributed by atoms with Gasteiger partial charge in [0.15, 0.2) is 0 Å². The van der Waals surface area contributed by atoms with Gasteiger partial charge in [-0.15, -0.1) is 0 Å². The van der Waals surface area contributed by atoms with Crippen molar-refractivity contribution in [2.24, 2.45) is 0 Å². The van der Waals surface area contributed by atoms with Crippen LogP contribution in [0.3, 0.4) is 0 Å². The summed E-state index contributed by atoms with van der Waals surface area (Å²) in [6.07, 6.45) is 3.28. The van der Waals surface area contributed by atoms with Gasteiger partial charge in [-0.25, -0.2) is 4.68 Å². The van der Waals surface area contributed by atoms with Crippen LogP contribution >= 0.6 is 0 Å². The highest BCUT2D eigenvalue weighted by atomic mass is 16.3. The zero-order chi connectivity index (χ0) is 13.7. The Labute approximate surface area is 109 Å². The molecule has 0 aliphatic heterocycles. The fourth-order valence-electron chi connectivity index (χ4n) is 1.55. The van der Waals surface area contributed by atoms with Gasteiger partial charge in [-0.2, -0.15) is 20.1 Å². The maximum Gasteiger partial charge on any atom is 0.257 e. The Morgan fingerprint density at radius 3 is 2.47 bits per heavy atom. The molecule has 0 saturated carbocycles. The van der Waals surface area contributed by atoms with E-state index in [1.165, 1.54) is 4.68 Å². The average Bonchev–Trinajstić information content (AvgIpc) is 2.91. The van der Waals surface area contributed by atoms with Crippen LogP contribution in [0, 0.1) is 0 Å². The Balaban J connectivity index is 2.34. The molecule has 0 amide bonds. The molecule has 2 heterocycles. The van der Waals surface area contributed by atoms with Crippen LogP contribution in [-0.2, 0) is 0 Å². The van der Waals surface area contributed by atoms with Crippen molar-refractivity contribution in [1.29, 1.82) is 0 Å². The molecule has 4 N–H and O–H groups in total. The summed E-state index contributed by atoms with van der Waals surface area (Å²) >= 11 is 0. The number of aliphatic hydroxyl groups excluding tert-OH is 2. The van der Waals surface area contributed by atoms with Gasteiger partial charge in [0.2, 0.25) is 11.9 Å². The molecule has 102 valence electrons. The molecule has 0 atom stereocenters. The first-order chi connectivity index (χ1) is 9.24. The Hall–Kier alpha value is -2.26. The van der Waals surface area contributed by atoms with Crippen molar-refractivity contribution in [1.82, 2.24) is 24.7 Å². The molecule has 9 heteroatoms. The predicted octanol–water partition coefficient (Wildman–Crippen LogP) is -1.57. The quantitative estimate of drug-likeness (QED) is 0.572. The van der Waals surface area contributed by atoms with Crippen molar-refractivity contribution in [2.45, 2.75) is 0 Å². The van der Waals surface area contributed by atoms with Crippen molar-refractivity contribution >= 4 is 11.9 Å². The molecule has 0 saturated heterocycles. The molecule has 19 heavy (non-hydrogen) atoms. The van der Waals surface area contributed by atoms with Crippen LogP contribution in [-0.4, -0.2) is 61.2 Å². The molecule has 9 nitrogen and oxygen atoms in total. The molecule has 0 spiro atoms. The molecule has 2 aromatic heterocycles. The van der Waals surface area contributed by atoms with Gasteiger partial charge in [0.05, 0.1) is 13.2 Å². The van der Waals surface area contributed by atoms with E-state index in [4.69, 9.17) is 15.9 Å². The number of anilines is 2. The third kappa shape index (κ3) is 3.14. The minimum atomic E-state index is -0.0807. The first-order valence-electron chi connectivity index (χ1n) is 5.73. The van der Waals surface area contributed by atoms with Crippen LogP contribution < -0.4 is 10.6 Å². The van der Waals surface area contributed by atoms with Gasteiger partial charge >= 0.3 is 0 Å². The lowest BCUT2D eigenvalue weighted by molar-refractivity contribution is 0.280. The second-order valence-electron chi connectivity index (χ2n) is 3.68. The van der Waals surface area contributed by atoms with E-state index in [0.717, 1.165) is 0 Å². The van der Waals surface area contributed by atoms with Crippen LogP contribution in [0.15, 0.2) is 18.5 Å². The zero-order valence-electron chi connectivity index (χ0n) is 10.2. The van der Waals surface area contributed by atoms with Crippen LogP contribution in [0.2, 0.25) is 0 Å². The number of hydrogen-bond donors (Lipinski definition) is 3. The van der Waals surface area contributed by atoms with Crippen LogP contribution in [0.25, 0.3) is 5.95 Å². The van der Waals surface area contributed by atoms with Crippen molar-refractivity contribution in [2.75, 3.05) is 36.9 Å². The van der Waals surface area contributed by atoms with Gasteiger partial charge < -0.3 is 20.8 Å². The summed E-state index contributed by atoms with van der Waals surface area (Å²) in [6.45, 7) is 0.427. The maximum atomic E-state index is 9.00.